The predicted octanol–water partition coefficient (Wildman–Crippen LogP) is 4.31. The van der Waals surface area contributed by atoms with E-state index in [2.05, 4.69) is 6.58 Å². The lowest BCUT2D eigenvalue weighted by atomic mass is 10.1. The van der Waals surface area contributed by atoms with Gasteiger partial charge in [-0.25, -0.2) is 8.78 Å². The molecule has 102 valence electrons. The summed E-state index contributed by atoms with van der Waals surface area (Å²) in [6.45, 7) is 3.46. The van der Waals surface area contributed by atoms with Gasteiger partial charge in [-0.2, -0.15) is 0 Å². The van der Waals surface area contributed by atoms with Crippen molar-refractivity contribution >= 4 is 11.8 Å². The van der Waals surface area contributed by atoms with Gasteiger partial charge in [0.15, 0.2) is 11.6 Å². The number of nitrogens with zero attached hydrogens (tertiary/aromatic N) is 1. The molecule has 0 aliphatic carbocycles. The number of non-ortho nitro benzene ring substituents is 1. The number of halogens is 2. The highest BCUT2D eigenvalue weighted by atomic mass is 19.1. The molecule has 2 aromatic rings. The molecular formula is C14H9F2NO3. The van der Waals surface area contributed by atoms with Crippen molar-refractivity contribution in [3.63, 3.8) is 0 Å². The molecule has 0 heterocycles. The topological polar surface area (TPSA) is 52.4 Å². The Morgan fingerprint density at radius 2 is 1.85 bits per heavy atom. The van der Waals surface area contributed by atoms with E-state index in [1.54, 1.807) is 0 Å². The van der Waals surface area contributed by atoms with Gasteiger partial charge >= 0.3 is 0 Å². The number of ether oxygens (including phenoxy) is 1. The van der Waals surface area contributed by atoms with Crippen LogP contribution in [0, 0.1) is 21.7 Å². The van der Waals surface area contributed by atoms with Gasteiger partial charge in [0, 0.05) is 11.6 Å². The fraction of sp³-hybridized carbons (Fsp3) is 0. The summed E-state index contributed by atoms with van der Waals surface area (Å²) >= 11 is 0. The van der Waals surface area contributed by atoms with Crippen LogP contribution in [0.15, 0.2) is 43.0 Å². The quantitative estimate of drug-likeness (QED) is 0.618. The van der Waals surface area contributed by atoms with E-state index < -0.39 is 22.2 Å². The Hall–Kier alpha value is -2.76. The number of hydrogen-bond acceptors (Lipinski definition) is 3. The average molecular weight is 277 g/mol. The van der Waals surface area contributed by atoms with Crippen LogP contribution in [0.5, 0.6) is 11.5 Å². The zero-order valence-corrected chi connectivity index (χ0v) is 10.2. The van der Waals surface area contributed by atoms with Crippen LogP contribution in [0.4, 0.5) is 14.5 Å². The Labute approximate surface area is 113 Å². The molecule has 0 bridgehead atoms. The second-order valence-corrected chi connectivity index (χ2v) is 3.86. The van der Waals surface area contributed by atoms with Crippen molar-refractivity contribution in [1.29, 1.82) is 0 Å². The van der Waals surface area contributed by atoms with Crippen molar-refractivity contribution in [3.8, 4) is 11.5 Å². The minimum atomic E-state index is -0.890. The van der Waals surface area contributed by atoms with Gasteiger partial charge in [-0.1, -0.05) is 12.7 Å². The minimum absolute atomic E-state index is 0.140. The molecule has 20 heavy (non-hydrogen) atoms. The molecule has 0 radical (unpaired) electrons. The summed E-state index contributed by atoms with van der Waals surface area (Å²) in [6, 6.07) is 6.87. The van der Waals surface area contributed by atoms with Gasteiger partial charge in [0.05, 0.1) is 11.0 Å². The van der Waals surface area contributed by atoms with E-state index in [-0.39, 0.29) is 17.1 Å². The fourth-order valence-corrected chi connectivity index (χ4v) is 1.59. The third-order valence-corrected chi connectivity index (χ3v) is 2.52. The maximum Gasteiger partial charge on any atom is 0.273 e. The Kier molecular flexibility index (Phi) is 3.74. The summed E-state index contributed by atoms with van der Waals surface area (Å²) in [6.07, 6.45) is 1.24. The van der Waals surface area contributed by atoms with E-state index in [9.17, 15) is 18.9 Å². The van der Waals surface area contributed by atoms with Crippen molar-refractivity contribution in [1.82, 2.24) is 0 Å². The van der Waals surface area contributed by atoms with Gasteiger partial charge in [-0.3, -0.25) is 10.1 Å². The first kappa shape index (κ1) is 13.7. The largest absolute Gasteiger partial charge is 0.454 e. The van der Waals surface area contributed by atoms with Crippen molar-refractivity contribution in [3.05, 3.63) is 70.3 Å². The van der Waals surface area contributed by atoms with E-state index in [1.165, 1.54) is 18.2 Å². The normalized spacial score (nSPS) is 10.1. The standard InChI is InChI=1S/C14H9F2NO3/c1-2-9-7-11(17(18)19)8-13(16)14(9)20-12-5-3-10(15)4-6-12/h2-8H,1H2. The maximum absolute atomic E-state index is 13.9. The SMILES string of the molecule is C=Cc1cc([N+](=O)[O-])cc(F)c1Oc1ccc(F)cc1. The van der Waals surface area contributed by atoms with Gasteiger partial charge in [0.1, 0.15) is 11.6 Å². The number of rotatable bonds is 4. The second-order valence-electron chi connectivity index (χ2n) is 3.86. The van der Waals surface area contributed by atoms with E-state index in [4.69, 9.17) is 4.74 Å². The van der Waals surface area contributed by atoms with Gasteiger partial charge in [-0.05, 0) is 24.3 Å². The summed E-state index contributed by atoms with van der Waals surface area (Å²) < 4.78 is 31.9. The molecule has 0 amide bonds. The van der Waals surface area contributed by atoms with Crippen LogP contribution in [-0.4, -0.2) is 4.92 Å². The molecule has 0 saturated heterocycles. The lowest BCUT2D eigenvalue weighted by molar-refractivity contribution is -0.385. The number of benzene rings is 2. The molecular weight excluding hydrogens is 268 g/mol. The molecule has 0 aliphatic rings. The van der Waals surface area contributed by atoms with Gasteiger partial charge < -0.3 is 4.74 Å². The van der Waals surface area contributed by atoms with E-state index in [0.717, 1.165) is 24.3 Å². The summed E-state index contributed by atoms with van der Waals surface area (Å²) in [5.74, 6) is -1.33. The third kappa shape index (κ3) is 2.80. The number of nitro groups is 1. The van der Waals surface area contributed by atoms with E-state index >= 15 is 0 Å². The minimum Gasteiger partial charge on any atom is -0.454 e. The molecule has 2 rings (SSSR count). The third-order valence-electron chi connectivity index (χ3n) is 2.52. The summed E-state index contributed by atoms with van der Waals surface area (Å²) in [4.78, 5) is 9.94. The summed E-state index contributed by atoms with van der Waals surface area (Å²) in [7, 11) is 0. The van der Waals surface area contributed by atoms with Crippen LogP contribution in [0.25, 0.3) is 6.08 Å². The molecule has 0 fully saturated rings. The molecule has 0 aromatic heterocycles. The molecule has 4 nitrogen and oxygen atoms in total. The van der Waals surface area contributed by atoms with Crippen LogP contribution >= 0.6 is 0 Å². The number of nitro benzene ring substituents is 1. The molecule has 0 spiro atoms. The fourth-order valence-electron chi connectivity index (χ4n) is 1.59. The smallest absolute Gasteiger partial charge is 0.273 e. The molecule has 0 atom stereocenters. The van der Waals surface area contributed by atoms with Crippen LogP contribution in [-0.2, 0) is 0 Å². The van der Waals surface area contributed by atoms with Gasteiger partial charge in [0.2, 0.25) is 0 Å². The second kappa shape index (κ2) is 5.48. The van der Waals surface area contributed by atoms with Gasteiger partial charge in [-0.15, -0.1) is 0 Å². The summed E-state index contributed by atoms with van der Waals surface area (Å²) in [5.41, 5.74) is -0.259. The van der Waals surface area contributed by atoms with Crippen LogP contribution in [0.1, 0.15) is 5.56 Å². The highest BCUT2D eigenvalue weighted by Gasteiger charge is 2.17. The van der Waals surface area contributed by atoms with E-state index in [0.29, 0.717) is 0 Å². The predicted molar refractivity (Wildman–Crippen MR) is 69.6 cm³/mol. The number of hydrogen-bond donors (Lipinski definition) is 0. The molecule has 0 unspecified atom stereocenters. The first-order valence-corrected chi connectivity index (χ1v) is 5.55. The molecule has 0 saturated carbocycles. The average Bonchev–Trinajstić information content (AvgIpc) is 2.42. The van der Waals surface area contributed by atoms with Crippen LogP contribution < -0.4 is 4.74 Å². The summed E-state index contributed by atoms with van der Waals surface area (Å²) in [5, 5.41) is 10.7. The van der Waals surface area contributed by atoms with E-state index in [1.807, 2.05) is 0 Å². The van der Waals surface area contributed by atoms with Crippen molar-refractivity contribution in [2.75, 3.05) is 0 Å². The highest BCUT2D eigenvalue weighted by Crippen LogP contribution is 2.32. The lowest BCUT2D eigenvalue weighted by Crippen LogP contribution is -1.96. The zero-order chi connectivity index (χ0) is 14.7. The Bertz CT molecular complexity index is 669. The Morgan fingerprint density at radius 1 is 1.20 bits per heavy atom. The van der Waals surface area contributed by atoms with Crippen LogP contribution in [0.2, 0.25) is 0 Å². The molecule has 6 heteroatoms. The molecule has 0 aliphatic heterocycles. The molecule has 0 N–H and O–H groups in total. The zero-order valence-electron chi connectivity index (χ0n) is 10.2. The maximum atomic E-state index is 13.9. The first-order valence-electron chi connectivity index (χ1n) is 5.55. The van der Waals surface area contributed by atoms with Crippen LogP contribution in [0.3, 0.4) is 0 Å². The monoisotopic (exact) mass is 277 g/mol. The van der Waals surface area contributed by atoms with Crippen molar-refractivity contribution < 1.29 is 18.4 Å². The lowest BCUT2D eigenvalue weighted by Gasteiger charge is -2.09. The highest BCUT2D eigenvalue weighted by molar-refractivity contribution is 5.61. The van der Waals surface area contributed by atoms with Crippen molar-refractivity contribution in [2.45, 2.75) is 0 Å². The first-order chi connectivity index (χ1) is 9.51. The molecule has 2 aromatic carbocycles. The van der Waals surface area contributed by atoms with Crippen molar-refractivity contribution in [2.24, 2.45) is 0 Å². The Morgan fingerprint density at radius 3 is 2.40 bits per heavy atom. The Balaban J connectivity index is 2.43. The van der Waals surface area contributed by atoms with Gasteiger partial charge in [0.25, 0.3) is 5.69 Å².